The summed E-state index contributed by atoms with van der Waals surface area (Å²) in [6.07, 6.45) is 1.98. The summed E-state index contributed by atoms with van der Waals surface area (Å²) >= 11 is 8.38. The van der Waals surface area contributed by atoms with Gasteiger partial charge in [-0.05, 0) is 48.0 Å². The SMILES string of the molecule is COc1ccc(/C=C2/SC(=S)N(CCC(=O)N3c4ccccc4Sc4ccccc43)C2=O)cc1. The van der Waals surface area contributed by atoms with E-state index in [1.807, 2.05) is 78.9 Å². The highest BCUT2D eigenvalue weighted by molar-refractivity contribution is 8.26. The number of thiocarbonyl (C=S) groups is 1. The highest BCUT2D eigenvalue weighted by Crippen LogP contribution is 2.48. The maximum atomic E-state index is 13.4. The Morgan fingerprint density at radius 1 is 0.941 bits per heavy atom. The zero-order valence-corrected chi connectivity index (χ0v) is 20.7. The van der Waals surface area contributed by atoms with Crippen molar-refractivity contribution in [2.45, 2.75) is 16.2 Å². The van der Waals surface area contributed by atoms with Crippen LogP contribution in [0, 0.1) is 0 Å². The largest absolute Gasteiger partial charge is 0.497 e. The summed E-state index contributed by atoms with van der Waals surface area (Å²) in [6.45, 7) is 0.234. The Balaban J connectivity index is 1.33. The first-order chi connectivity index (χ1) is 16.5. The molecule has 0 N–H and O–H groups in total. The molecule has 0 saturated carbocycles. The number of fused-ring (bicyclic) bond motifs is 2. The third kappa shape index (κ3) is 4.36. The molecule has 2 aliphatic heterocycles. The molecule has 0 unspecified atom stereocenters. The van der Waals surface area contributed by atoms with Gasteiger partial charge < -0.3 is 4.74 Å². The summed E-state index contributed by atoms with van der Waals surface area (Å²) in [5.74, 6) is 0.504. The monoisotopic (exact) mass is 504 g/mol. The van der Waals surface area contributed by atoms with Gasteiger partial charge in [0.25, 0.3) is 5.91 Å². The van der Waals surface area contributed by atoms with E-state index in [4.69, 9.17) is 17.0 Å². The predicted molar refractivity (Wildman–Crippen MR) is 142 cm³/mol. The van der Waals surface area contributed by atoms with Gasteiger partial charge in [0.2, 0.25) is 5.91 Å². The molecule has 1 fully saturated rings. The van der Waals surface area contributed by atoms with Crippen LogP contribution in [0.3, 0.4) is 0 Å². The molecule has 0 bridgehead atoms. The first-order valence-corrected chi connectivity index (χ1v) is 12.7. The Labute approximate surface area is 211 Å². The first-order valence-electron chi connectivity index (χ1n) is 10.6. The van der Waals surface area contributed by atoms with E-state index in [-0.39, 0.29) is 24.8 Å². The summed E-state index contributed by atoms with van der Waals surface area (Å²) in [5, 5.41) is 0. The summed E-state index contributed by atoms with van der Waals surface area (Å²) in [7, 11) is 1.61. The summed E-state index contributed by atoms with van der Waals surface area (Å²) in [5.41, 5.74) is 2.61. The zero-order chi connectivity index (χ0) is 23.7. The predicted octanol–water partition coefficient (Wildman–Crippen LogP) is 6.12. The maximum absolute atomic E-state index is 13.4. The number of benzene rings is 3. The number of thioether (sulfide) groups is 1. The Morgan fingerprint density at radius 2 is 1.56 bits per heavy atom. The van der Waals surface area contributed by atoms with Gasteiger partial charge in [0.05, 0.1) is 23.4 Å². The Bertz CT molecular complexity index is 1280. The average Bonchev–Trinajstić information content (AvgIpc) is 3.13. The number of hydrogen-bond acceptors (Lipinski definition) is 6. The summed E-state index contributed by atoms with van der Waals surface area (Å²) < 4.78 is 5.65. The van der Waals surface area contributed by atoms with Crippen LogP contribution in [0.4, 0.5) is 11.4 Å². The number of anilines is 2. The normalized spacial score (nSPS) is 16.0. The molecule has 0 aromatic heterocycles. The number of ether oxygens (including phenoxy) is 1. The number of rotatable bonds is 5. The van der Waals surface area contributed by atoms with Crippen LogP contribution in [-0.2, 0) is 9.59 Å². The van der Waals surface area contributed by atoms with Crippen molar-refractivity contribution in [2.24, 2.45) is 0 Å². The Kier molecular flexibility index (Phi) is 6.45. The van der Waals surface area contributed by atoms with Gasteiger partial charge in [-0.25, -0.2) is 0 Å². The van der Waals surface area contributed by atoms with E-state index in [1.165, 1.54) is 16.7 Å². The smallest absolute Gasteiger partial charge is 0.266 e. The van der Waals surface area contributed by atoms with Gasteiger partial charge in [-0.1, -0.05) is 72.1 Å². The third-order valence-corrected chi connectivity index (χ3v) is 8.03. The molecule has 5 rings (SSSR count). The van der Waals surface area contributed by atoms with Gasteiger partial charge in [0.15, 0.2) is 0 Å². The number of amides is 2. The first kappa shape index (κ1) is 22.7. The molecule has 2 heterocycles. The van der Waals surface area contributed by atoms with Crippen LogP contribution in [0.2, 0.25) is 0 Å². The van der Waals surface area contributed by atoms with Crippen molar-refractivity contribution in [3.8, 4) is 5.75 Å². The zero-order valence-electron chi connectivity index (χ0n) is 18.3. The number of carbonyl (C=O) groups excluding carboxylic acids is 2. The van der Waals surface area contributed by atoms with Crippen LogP contribution in [0.25, 0.3) is 6.08 Å². The van der Waals surface area contributed by atoms with E-state index in [2.05, 4.69) is 0 Å². The summed E-state index contributed by atoms with van der Waals surface area (Å²) in [4.78, 5) is 32.3. The van der Waals surface area contributed by atoms with E-state index in [0.29, 0.717) is 9.23 Å². The fourth-order valence-corrected chi connectivity index (χ4v) is 6.20. The third-order valence-electron chi connectivity index (χ3n) is 5.52. The second kappa shape index (κ2) is 9.66. The molecule has 0 radical (unpaired) electrons. The molecule has 0 aliphatic carbocycles. The van der Waals surface area contributed by atoms with Crippen LogP contribution in [0.5, 0.6) is 5.75 Å². The topological polar surface area (TPSA) is 49.9 Å². The van der Waals surface area contributed by atoms with Gasteiger partial charge in [0, 0.05) is 22.8 Å². The van der Waals surface area contributed by atoms with Crippen LogP contribution in [-0.4, -0.2) is 34.7 Å². The van der Waals surface area contributed by atoms with Crippen LogP contribution < -0.4 is 9.64 Å². The quantitative estimate of drug-likeness (QED) is 0.308. The van der Waals surface area contributed by atoms with E-state index in [1.54, 1.807) is 23.8 Å². The van der Waals surface area contributed by atoms with Crippen molar-refractivity contribution >= 4 is 69.3 Å². The number of methoxy groups -OCH3 is 1. The second-order valence-corrected chi connectivity index (χ2v) is 10.4. The second-order valence-electron chi connectivity index (χ2n) is 7.62. The van der Waals surface area contributed by atoms with E-state index >= 15 is 0 Å². The highest BCUT2D eigenvalue weighted by atomic mass is 32.2. The van der Waals surface area contributed by atoms with Gasteiger partial charge in [-0.15, -0.1) is 0 Å². The molecule has 1 saturated heterocycles. The molecule has 34 heavy (non-hydrogen) atoms. The van der Waals surface area contributed by atoms with Gasteiger partial charge in [0.1, 0.15) is 10.1 Å². The molecule has 0 spiro atoms. The van der Waals surface area contributed by atoms with Crippen molar-refractivity contribution in [1.82, 2.24) is 4.90 Å². The lowest BCUT2D eigenvalue weighted by Crippen LogP contribution is -2.35. The van der Waals surface area contributed by atoms with E-state index in [9.17, 15) is 9.59 Å². The number of carbonyl (C=O) groups is 2. The fourth-order valence-electron chi connectivity index (χ4n) is 3.84. The summed E-state index contributed by atoms with van der Waals surface area (Å²) in [6, 6.07) is 23.2. The molecule has 2 aliphatic rings. The average molecular weight is 505 g/mol. The number of hydrogen-bond donors (Lipinski definition) is 0. The molecule has 170 valence electrons. The fraction of sp³-hybridized carbons (Fsp3) is 0.115. The van der Waals surface area contributed by atoms with E-state index in [0.717, 1.165) is 32.5 Å². The van der Waals surface area contributed by atoms with Crippen LogP contribution in [0.15, 0.2) is 87.5 Å². The lowest BCUT2D eigenvalue weighted by atomic mass is 10.2. The minimum Gasteiger partial charge on any atom is -0.497 e. The highest BCUT2D eigenvalue weighted by Gasteiger charge is 2.34. The van der Waals surface area contributed by atoms with Crippen molar-refractivity contribution in [3.63, 3.8) is 0 Å². The molecule has 0 atom stereocenters. The van der Waals surface area contributed by atoms with Gasteiger partial charge >= 0.3 is 0 Å². The Morgan fingerprint density at radius 3 is 2.18 bits per heavy atom. The Hall–Kier alpha value is -3.07. The standard InChI is InChI=1S/C26H20N2O3S3/c1-31-18-12-10-17(11-13-18)16-23-25(30)27(26(32)34-23)15-14-24(29)28-19-6-2-4-8-21(19)33-22-9-5-3-7-20(22)28/h2-13,16H,14-15H2,1H3/b23-16+. The van der Waals surface area contributed by atoms with Gasteiger partial charge in [-0.2, -0.15) is 0 Å². The van der Waals surface area contributed by atoms with Crippen LogP contribution >= 0.6 is 35.7 Å². The minimum atomic E-state index is -0.173. The molecule has 3 aromatic rings. The lowest BCUT2D eigenvalue weighted by molar-refractivity contribution is -0.123. The van der Waals surface area contributed by atoms with Crippen molar-refractivity contribution in [3.05, 3.63) is 83.3 Å². The molecular weight excluding hydrogens is 484 g/mol. The van der Waals surface area contributed by atoms with E-state index < -0.39 is 0 Å². The van der Waals surface area contributed by atoms with Crippen LogP contribution in [0.1, 0.15) is 12.0 Å². The molecular formula is C26H20N2O3S3. The number of nitrogens with zero attached hydrogens (tertiary/aromatic N) is 2. The number of para-hydroxylation sites is 2. The molecule has 8 heteroatoms. The van der Waals surface area contributed by atoms with Gasteiger partial charge in [-0.3, -0.25) is 19.4 Å². The molecule has 3 aromatic carbocycles. The van der Waals surface area contributed by atoms with Crippen molar-refractivity contribution in [1.29, 1.82) is 0 Å². The van der Waals surface area contributed by atoms with Crippen molar-refractivity contribution < 1.29 is 14.3 Å². The van der Waals surface area contributed by atoms with Crippen molar-refractivity contribution in [2.75, 3.05) is 18.6 Å². The molecule has 5 nitrogen and oxygen atoms in total. The maximum Gasteiger partial charge on any atom is 0.266 e. The lowest BCUT2D eigenvalue weighted by Gasteiger charge is -2.31. The molecule has 2 amide bonds. The minimum absolute atomic E-state index is 0.0756.